The van der Waals surface area contributed by atoms with Gasteiger partial charge in [0.1, 0.15) is 0 Å². The predicted molar refractivity (Wildman–Crippen MR) is 92.3 cm³/mol. The zero-order valence-corrected chi connectivity index (χ0v) is 14.0. The Labute approximate surface area is 145 Å². The molecule has 1 unspecified atom stereocenters. The van der Waals surface area contributed by atoms with E-state index in [2.05, 4.69) is 10.3 Å². The highest BCUT2D eigenvalue weighted by Gasteiger charge is 2.62. The molecule has 1 amide bonds. The highest BCUT2D eigenvalue weighted by molar-refractivity contribution is 5.94. The molecule has 1 heterocycles. The van der Waals surface area contributed by atoms with E-state index in [4.69, 9.17) is 0 Å². The van der Waals surface area contributed by atoms with Crippen LogP contribution >= 0.6 is 0 Å². The Morgan fingerprint density at radius 3 is 2.68 bits per heavy atom. The Morgan fingerprint density at radius 2 is 2.04 bits per heavy atom. The Morgan fingerprint density at radius 1 is 1.28 bits per heavy atom. The smallest absolute Gasteiger partial charge is 0.251 e. The molecule has 1 aromatic carbocycles. The van der Waals surface area contributed by atoms with E-state index < -0.39 is 11.8 Å². The Bertz CT molecular complexity index is 801. The van der Waals surface area contributed by atoms with Crippen LogP contribution in [0.5, 0.6) is 0 Å². The Kier molecular flexibility index (Phi) is 3.82. The second kappa shape index (κ2) is 5.90. The summed E-state index contributed by atoms with van der Waals surface area (Å²) in [5.74, 6) is -3.18. The monoisotopic (exact) mass is 342 g/mol. The number of benzene rings is 1. The molecule has 1 N–H and O–H groups in total. The SMILES string of the molecule is Cc1ccc(NC(=O)[C@H]2C[C@@H](C3CC3(F)F)C2)cc1-c1cccnc1. The zero-order valence-electron chi connectivity index (χ0n) is 14.0. The first kappa shape index (κ1) is 16.2. The minimum atomic E-state index is -2.48. The van der Waals surface area contributed by atoms with Crippen molar-refractivity contribution in [1.29, 1.82) is 0 Å². The summed E-state index contributed by atoms with van der Waals surface area (Å²) in [5.41, 5.74) is 3.85. The van der Waals surface area contributed by atoms with Gasteiger partial charge >= 0.3 is 0 Å². The van der Waals surface area contributed by atoms with Gasteiger partial charge in [-0.3, -0.25) is 9.78 Å². The van der Waals surface area contributed by atoms with E-state index in [0.29, 0.717) is 12.8 Å². The molecule has 4 rings (SSSR count). The number of aryl methyl sites for hydroxylation is 1. The molecule has 1 atom stereocenters. The highest BCUT2D eigenvalue weighted by atomic mass is 19.3. The van der Waals surface area contributed by atoms with Crippen LogP contribution in [0.25, 0.3) is 11.1 Å². The van der Waals surface area contributed by atoms with Crippen molar-refractivity contribution in [1.82, 2.24) is 4.98 Å². The summed E-state index contributed by atoms with van der Waals surface area (Å²) in [7, 11) is 0. The Balaban J connectivity index is 1.41. The summed E-state index contributed by atoms with van der Waals surface area (Å²) in [5, 5.41) is 2.94. The third-order valence-corrected chi connectivity index (χ3v) is 5.47. The number of carbonyl (C=O) groups excluding carboxylic acids is 1. The van der Waals surface area contributed by atoms with Crippen LogP contribution in [-0.4, -0.2) is 16.8 Å². The van der Waals surface area contributed by atoms with Crippen molar-refractivity contribution in [3.05, 3.63) is 48.3 Å². The molecule has 1 aromatic heterocycles. The standard InChI is InChI=1S/C20H20F2N2O/c1-12-4-5-16(9-17(12)13-3-2-6-23-11-13)24-19(25)15-7-14(8-15)18-10-20(18,21)22/h2-6,9,11,14-15,18H,7-8,10H2,1H3,(H,24,25)/t14-,15+,18?. The molecule has 0 bridgehead atoms. The minimum absolute atomic E-state index is 0.00155. The average Bonchev–Trinajstić information content (AvgIpc) is 3.16. The number of aromatic nitrogens is 1. The van der Waals surface area contributed by atoms with Crippen LogP contribution in [0.2, 0.25) is 0 Å². The number of carbonyl (C=O) groups is 1. The molecule has 2 aromatic rings. The summed E-state index contributed by atoms with van der Waals surface area (Å²) in [6.07, 6.45) is 4.67. The maximum absolute atomic E-state index is 13.1. The van der Waals surface area contributed by atoms with Gasteiger partial charge in [-0.2, -0.15) is 0 Å². The fourth-order valence-corrected chi connectivity index (χ4v) is 3.73. The molecule has 0 aliphatic heterocycles. The second-order valence-corrected chi connectivity index (χ2v) is 7.26. The molecule has 5 heteroatoms. The van der Waals surface area contributed by atoms with Crippen LogP contribution in [0.3, 0.4) is 0 Å². The molecule has 0 saturated heterocycles. The Hall–Kier alpha value is -2.30. The highest BCUT2D eigenvalue weighted by Crippen LogP contribution is 2.59. The number of pyridine rings is 1. The van der Waals surface area contributed by atoms with Gasteiger partial charge in [0.2, 0.25) is 5.91 Å². The van der Waals surface area contributed by atoms with Crippen molar-refractivity contribution in [3.63, 3.8) is 0 Å². The molecular weight excluding hydrogens is 322 g/mol. The molecule has 130 valence electrons. The fraction of sp³-hybridized carbons (Fsp3) is 0.400. The summed E-state index contributed by atoms with van der Waals surface area (Å²) in [4.78, 5) is 16.5. The lowest BCUT2D eigenvalue weighted by Crippen LogP contribution is -2.36. The van der Waals surface area contributed by atoms with Gasteiger partial charge < -0.3 is 5.32 Å². The lowest BCUT2D eigenvalue weighted by Gasteiger charge is -2.34. The van der Waals surface area contributed by atoms with Gasteiger partial charge in [0, 0.05) is 41.9 Å². The second-order valence-electron chi connectivity index (χ2n) is 7.26. The predicted octanol–water partition coefficient (Wildman–Crippen LogP) is 4.68. The molecule has 2 saturated carbocycles. The first-order valence-corrected chi connectivity index (χ1v) is 8.64. The summed E-state index contributed by atoms with van der Waals surface area (Å²) < 4.78 is 26.2. The molecule has 2 aliphatic rings. The maximum atomic E-state index is 13.1. The van der Waals surface area contributed by atoms with Crippen LogP contribution in [0.4, 0.5) is 14.5 Å². The van der Waals surface area contributed by atoms with Crippen LogP contribution in [0, 0.1) is 24.7 Å². The number of hydrogen-bond acceptors (Lipinski definition) is 2. The molecule has 2 fully saturated rings. The summed E-state index contributed by atoms with van der Waals surface area (Å²) in [6.45, 7) is 2.01. The molecule has 0 radical (unpaired) electrons. The van der Waals surface area contributed by atoms with Crippen molar-refractivity contribution < 1.29 is 13.6 Å². The number of nitrogens with one attached hydrogen (secondary N) is 1. The van der Waals surface area contributed by atoms with Gasteiger partial charge in [-0.25, -0.2) is 8.78 Å². The third kappa shape index (κ3) is 3.15. The van der Waals surface area contributed by atoms with E-state index in [1.807, 2.05) is 37.3 Å². The number of anilines is 1. The first-order valence-electron chi connectivity index (χ1n) is 8.64. The number of halogens is 2. The number of hydrogen-bond donors (Lipinski definition) is 1. The first-order chi connectivity index (χ1) is 11.9. The molecular formula is C20H20F2N2O. The van der Waals surface area contributed by atoms with Gasteiger partial charge in [0.15, 0.2) is 0 Å². The van der Waals surface area contributed by atoms with Crippen LogP contribution in [0.15, 0.2) is 42.7 Å². The van der Waals surface area contributed by atoms with E-state index in [0.717, 1.165) is 22.4 Å². The lowest BCUT2D eigenvalue weighted by molar-refractivity contribution is -0.124. The van der Waals surface area contributed by atoms with Crippen LogP contribution < -0.4 is 5.32 Å². The van der Waals surface area contributed by atoms with E-state index in [-0.39, 0.29) is 24.2 Å². The molecule has 3 nitrogen and oxygen atoms in total. The van der Waals surface area contributed by atoms with Gasteiger partial charge in [0.05, 0.1) is 0 Å². The summed E-state index contributed by atoms with van der Waals surface area (Å²) in [6, 6.07) is 9.63. The zero-order chi connectivity index (χ0) is 17.6. The minimum Gasteiger partial charge on any atom is -0.326 e. The molecule has 0 spiro atoms. The van der Waals surface area contributed by atoms with Crippen molar-refractivity contribution in [3.8, 4) is 11.1 Å². The van der Waals surface area contributed by atoms with Gasteiger partial charge in [0.25, 0.3) is 5.92 Å². The van der Waals surface area contributed by atoms with Gasteiger partial charge in [-0.1, -0.05) is 12.1 Å². The van der Waals surface area contributed by atoms with Crippen molar-refractivity contribution in [2.75, 3.05) is 5.32 Å². The van der Waals surface area contributed by atoms with Crippen molar-refractivity contribution in [2.24, 2.45) is 17.8 Å². The molecule has 25 heavy (non-hydrogen) atoms. The maximum Gasteiger partial charge on any atom is 0.251 e. The number of amides is 1. The summed E-state index contributed by atoms with van der Waals surface area (Å²) >= 11 is 0. The number of alkyl halides is 2. The van der Waals surface area contributed by atoms with Crippen LogP contribution in [-0.2, 0) is 4.79 Å². The van der Waals surface area contributed by atoms with Crippen LogP contribution in [0.1, 0.15) is 24.8 Å². The third-order valence-electron chi connectivity index (χ3n) is 5.47. The topological polar surface area (TPSA) is 42.0 Å². The quantitative estimate of drug-likeness (QED) is 0.877. The van der Waals surface area contributed by atoms with E-state index in [1.54, 1.807) is 12.4 Å². The average molecular weight is 342 g/mol. The van der Waals surface area contributed by atoms with E-state index >= 15 is 0 Å². The molecule has 2 aliphatic carbocycles. The van der Waals surface area contributed by atoms with Gasteiger partial charge in [-0.05, 0) is 55.0 Å². The lowest BCUT2D eigenvalue weighted by atomic mass is 9.71. The van der Waals surface area contributed by atoms with Crippen molar-refractivity contribution in [2.45, 2.75) is 32.1 Å². The fourth-order valence-electron chi connectivity index (χ4n) is 3.73. The van der Waals surface area contributed by atoms with Gasteiger partial charge in [-0.15, -0.1) is 0 Å². The van der Waals surface area contributed by atoms with E-state index in [9.17, 15) is 13.6 Å². The van der Waals surface area contributed by atoms with E-state index in [1.165, 1.54) is 0 Å². The van der Waals surface area contributed by atoms with Crippen molar-refractivity contribution >= 4 is 11.6 Å². The normalized spacial score (nSPS) is 26.6. The largest absolute Gasteiger partial charge is 0.326 e. The number of nitrogens with zero attached hydrogens (tertiary/aromatic N) is 1. The number of rotatable bonds is 4.